The maximum absolute atomic E-state index is 12.9. The third kappa shape index (κ3) is 10.8. The molecule has 2 fully saturated rings. The van der Waals surface area contributed by atoms with E-state index < -0.39 is 24.9 Å². The highest BCUT2D eigenvalue weighted by atomic mass is 35.5. The first-order chi connectivity index (χ1) is 24.2. The van der Waals surface area contributed by atoms with Gasteiger partial charge in [-0.05, 0) is 97.6 Å². The summed E-state index contributed by atoms with van der Waals surface area (Å²) in [6.07, 6.45) is 7.03. The van der Waals surface area contributed by atoms with Gasteiger partial charge in [0.05, 0.1) is 25.2 Å². The fraction of sp³-hybridized carbons (Fsp3) is 0.514. The number of nitrogens with zero attached hydrogens (tertiary/aromatic N) is 2. The molecule has 2 aliphatic carbocycles. The second kappa shape index (κ2) is 18.9. The Balaban J connectivity index is 1.14. The van der Waals surface area contributed by atoms with Gasteiger partial charge < -0.3 is 35.4 Å². The summed E-state index contributed by atoms with van der Waals surface area (Å²) in [5, 5.41) is 43.4. The number of carbonyl (C=O) groups is 1. The lowest BCUT2D eigenvalue weighted by Gasteiger charge is -2.26. The topological polar surface area (TPSA) is 147 Å². The number of para-hydroxylation sites is 1. The van der Waals surface area contributed by atoms with E-state index in [2.05, 4.69) is 45.4 Å². The third-order valence-electron chi connectivity index (χ3n) is 9.15. The smallest absolute Gasteiger partial charge is 0.225 e. The fourth-order valence-corrected chi connectivity index (χ4v) is 7.36. The van der Waals surface area contributed by atoms with E-state index in [-0.39, 0.29) is 17.9 Å². The van der Waals surface area contributed by atoms with E-state index in [0.717, 1.165) is 76.6 Å². The second-order valence-corrected chi connectivity index (χ2v) is 15.2. The molecule has 10 nitrogen and oxygen atoms in total. The quantitative estimate of drug-likeness (QED) is 0.0481. The number of pyridine rings is 1. The van der Waals surface area contributed by atoms with Gasteiger partial charge in [-0.25, -0.2) is 0 Å². The van der Waals surface area contributed by atoms with Gasteiger partial charge >= 0.3 is 0 Å². The number of ether oxygens (including phenoxy) is 1. The molecule has 3 atom stereocenters. The Bertz CT molecular complexity index is 1550. The van der Waals surface area contributed by atoms with Crippen LogP contribution in [0.3, 0.4) is 0 Å². The summed E-state index contributed by atoms with van der Waals surface area (Å²) >= 11 is 9.90. The predicted molar refractivity (Wildman–Crippen MR) is 200 cm³/mol. The Morgan fingerprint density at radius 2 is 1.88 bits per heavy atom. The molecule has 1 aromatic heterocycles. The Morgan fingerprint density at radius 3 is 2.62 bits per heavy atom. The Labute approximate surface area is 308 Å². The average molecular weight is 745 g/mol. The number of thioether (sulfide) groups is 1. The molecule has 0 saturated heterocycles. The number of aliphatic hydroxyl groups excluding tert-OH is 4. The van der Waals surface area contributed by atoms with Crippen LogP contribution in [0.1, 0.15) is 56.1 Å². The van der Waals surface area contributed by atoms with Crippen molar-refractivity contribution in [3.05, 3.63) is 77.1 Å². The minimum Gasteiger partial charge on any atom is -0.490 e. The van der Waals surface area contributed by atoms with Crippen molar-refractivity contribution in [1.82, 2.24) is 19.9 Å². The van der Waals surface area contributed by atoms with Crippen LogP contribution in [0.25, 0.3) is 11.1 Å². The van der Waals surface area contributed by atoms with Gasteiger partial charge in [-0.2, -0.15) is 0 Å². The van der Waals surface area contributed by atoms with Gasteiger partial charge in [0.1, 0.15) is 18.0 Å². The average Bonchev–Trinajstić information content (AvgIpc) is 4.08. The first-order valence-corrected chi connectivity index (χ1v) is 19.9. The molecular formula is C37H49ClN4O6S2. The fourth-order valence-electron chi connectivity index (χ4n) is 5.91. The lowest BCUT2D eigenvalue weighted by atomic mass is 9.94. The maximum Gasteiger partial charge on any atom is 0.225 e. The van der Waals surface area contributed by atoms with Crippen molar-refractivity contribution in [2.75, 3.05) is 38.2 Å². The summed E-state index contributed by atoms with van der Waals surface area (Å²) < 4.78 is 9.40. The highest BCUT2D eigenvalue weighted by Crippen LogP contribution is 2.50. The van der Waals surface area contributed by atoms with Crippen LogP contribution in [0.15, 0.2) is 65.8 Å². The zero-order valence-electron chi connectivity index (χ0n) is 28.5. The molecule has 1 amide bonds. The van der Waals surface area contributed by atoms with E-state index >= 15 is 0 Å². The largest absolute Gasteiger partial charge is 0.490 e. The monoisotopic (exact) mass is 744 g/mol. The van der Waals surface area contributed by atoms with Crippen LogP contribution in [0.4, 0.5) is 0 Å². The first kappa shape index (κ1) is 38.8. The van der Waals surface area contributed by atoms with Gasteiger partial charge in [0, 0.05) is 59.6 Å². The summed E-state index contributed by atoms with van der Waals surface area (Å²) in [6.45, 7) is 1.46. The number of benzene rings is 2. The molecule has 0 spiro atoms. The molecule has 5 rings (SSSR count). The predicted octanol–water partition coefficient (Wildman–Crippen LogP) is 4.76. The van der Waals surface area contributed by atoms with Crippen molar-refractivity contribution >= 4 is 41.2 Å². The second-order valence-electron chi connectivity index (χ2n) is 13.0. The first-order valence-electron chi connectivity index (χ1n) is 17.3. The van der Waals surface area contributed by atoms with Crippen LogP contribution >= 0.6 is 35.3 Å². The molecule has 3 unspecified atom stereocenters. The molecule has 6 N–H and O–H groups in total. The molecule has 3 aromatic rings. The van der Waals surface area contributed by atoms with Gasteiger partial charge in [-0.1, -0.05) is 41.7 Å². The zero-order chi connectivity index (χ0) is 35.5. The molecule has 0 radical (unpaired) electrons. The normalized spacial score (nSPS) is 16.8. The van der Waals surface area contributed by atoms with E-state index in [9.17, 15) is 20.1 Å². The van der Waals surface area contributed by atoms with Gasteiger partial charge in [0.15, 0.2) is 0 Å². The number of amides is 1. The van der Waals surface area contributed by atoms with Crippen molar-refractivity contribution in [2.45, 2.75) is 86.3 Å². The summed E-state index contributed by atoms with van der Waals surface area (Å²) in [6, 6.07) is 16.5. The number of hydrogen-bond acceptors (Lipinski definition) is 11. The van der Waals surface area contributed by atoms with E-state index in [0.29, 0.717) is 32.3 Å². The number of aliphatic hydroxyl groups is 4. The minimum absolute atomic E-state index is 0.176. The number of unbranched alkanes of at least 4 members (excludes halogenated alkanes) is 1. The zero-order valence-corrected chi connectivity index (χ0v) is 30.9. The molecule has 13 heteroatoms. The standard InChI is InChI=1S/C37H49ClN4O6S2/c1-49-41-16-18-42(35(46)21-32(44)36(47)33(45)24-43)17-4-5-19-50-27-10-11-31(38)25(20-27)22-40-37(13-14-37)30-23-39-15-12-28(30)29-6-2-3-7-34(29)48-26-8-9-26/h2-3,6-7,10-12,15,20,23,26,32-33,36,40-41,43-45,47H,4-5,8-9,13-14,16-19,21-22,24H2,1H3. The van der Waals surface area contributed by atoms with Crippen LogP contribution < -0.4 is 14.8 Å². The molecule has 272 valence electrons. The van der Waals surface area contributed by atoms with Gasteiger partial charge in [-0.15, -0.1) is 11.8 Å². The van der Waals surface area contributed by atoms with Crippen LogP contribution in [0, 0.1) is 0 Å². The van der Waals surface area contributed by atoms with Crippen molar-refractivity contribution < 1.29 is 30.0 Å². The number of carbonyl (C=O) groups excluding carboxylic acids is 1. The van der Waals surface area contributed by atoms with Crippen molar-refractivity contribution in [3.63, 3.8) is 0 Å². The van der Waals surface area contributed by atoms with Gasteiger partial charge in [0.2, 0.25) is 5.91 Å². The van der Waals surface area contributed by atoms with E-state index in [1.807, 2.05) is 36.8 Å². The number of hydrogen-bond donors (Lipinski definition) is 6. The van der Waals surface area contributed by atoms with Crippen molar-refractivity contribution in [3.8, 4) is 16.9 Å². The molecular weight excluding hydrogens is 696 g/mol. The summed E-state index contributed by atoms with van der Waals surface area (Å²) in [4.78, 5) is 20.2. The van der Waals surface area contributed by atoms with Gasteiger partial charge in [-0.3, -0.25) is 14.5 Å². The van der Waals surface area contributed by atoms with E-state index in [1.54, 1.807) is 16.7 Å². The molecule has 0 bridgehead atoms. The Kier molecular flexibility index (Phi) is 14.7. The maximum atomic E-state index is 12.9. The number of aromatic nitrogens is 1. The van der Waals surface area contributed by atoms with Crippen LogP contribution in [-0.4, -0.2) is 98.9 Å². The third-order valence-corrected chi connectivity index (χ3v) is 11.1. The molecule has 2 aromatic carbocycles. The lowest BCUT2D eigenvalue weighted by Crippen LogP contribution is -2.44. The number of rotatable bonds is 22. The van der Waals surface area contributed by atoms with Crippen molar-refractivity contribution in [1.29, 1.82) is 0 Å². The van der Waals surface area contributed by atoms with E-state index in [4.69, 9.17) is 21.4 Å². The Hall–Kier alpha value is -2.39. The van der Waals surface area contributed by atoms with Crippen molar-refractivity contribution in [2.24, 2.45) is 0 Å². The summed E-state index contributed by atoms with van der Waals surface area (Å²) in [5.74, 6) is 1.47. The molecule has 50 heavy (non-hydrogen) atoms. The molecule has 2 saturated carbocycles. The van der Waals surface area contributed by atoms with Crippen LogP contribution in [-0.2, 0) is 16.9 Å². The van der Waals surface area contributed by atoms with Crippen LogP contribution in [0.2, 0.25) is 5.02 Å². The highest BCUT2D eigenvalue weighted by molar-refractivity contribution is 7.99. The highest BCUT2D eigenvalue weighted by Gasteiger charge is 2.46. The molecule has 1 heterocycles. The Morgan fingerprint density at radius 1 is 1.08 bits per heavy atom. The van der Waals surface area contributed by atoms with E-state index in [1.165, 1.54) is 17.5 Å². The SMILES string of the molecule is CSNCCN(CCCCSc1ccc(Cl)c(CNC2(c3cnccc3-c3ccccc3OC3CC3)CC2)c1)C(=O)CC(O)C(O)C(O)CO. The van der Waals surface area contributed by atoms with Crippen LogP contribution in [0.5, 0.6) is 5.75 Å². The molecule has 0 aliphatic heterocycles. The summed E-state index contributed by atoms with van der Waals surface area (Å²) in [7, 11) is 0. The minimum atomic E-state index is -1.59. The number of nitrogens with one attached hydrogen (secondary N) is 2. The summed E-state index contributed by atoms with van der Waals surface area (Å²) in [5.41, 5.74) is 4.28. The number of halogens is 1. The van der Waals surface area contributed by atoms with Gasteiger partial charge in [0.25, 0.3) is 0 Å². The molecule has 2 aliphatic rings. The lowest BCUT2D eigenvalue weighted by molar-refractivity contribution is -0.138.